The van der Waals surface area contributed by atoms with Crippen LogP contribution in [0.3, 0.4) is 0 Å². The minimum atomic E-state index is -0.461. The standard InChI is InChI=1S/C17H13N5O4S/c1-22-15(24)5-3-10(21-22)16(25)20-17-19-12(8-27-17)9-2-4-13-11(6-9)18-14(23)7-26-13/h2-6,8H,7H2,1H3,(H,18,23)(H,19,20,25). The molecule has 3 aromatic rings. The van der Waals surface area contributed by atoms with E-state index < -0.39 is 5.91 Å². The Morgan fingerprint density at radius 1 is 1.30 bits per heavy atom. The summed E-state index contributed by atoms with van der Waals surface area (Å²) in [6.07, 6.45) is 0. The van der Waals surface area contributed by atoms with Gasteiger partial charge in [-0.15, -0.1) is 11.3 Å². The number of anilines is 2. The molecule has 0 bridgehead atoms. The second-order valence-corrected chi connectivity index (χ2v) is 6.58. The van der Waals surface area contributed by atoms with Gasteiger partial charge < -0.3 is 10.1 Å². The van der Waals surface area contributed by atoms with Gasteiger partial charge in [0.1, 0.15) is 11.4 Å². The average Bonchev–Trinajstić information content (AvgIpc) is 3.11. The maximum Gasteiger partial charge on any atom is 0.277 e. The van der Waals surface area contributed by atoms with E-state index in [-0.39, 0.29) is 23.8 Å². The Kier molecular flexibility index (Phi) is 4.16. The Bertz CT molecular complexity index is 1120. The van der Waals surface area contributed by atoms with Crippen molar-refractivity contribution in [1.82, 2.24) is 14.8 Å². The predicted molar refractivity (Wildman–Crippen MR) is 99.1 cm³/mol. The Morgan fingerprint density at radius 2 is 2.15 bits per heavy atom. The molecular weight excluding hydrogens is 370 g/mol. The van der Waals surface area contributed by atoms with Crippen LogP contribution in [0.2, 0.25) is 0 Å². The number of hydrogen-bond acceptors (Lipinski definition) is 7. The van der Waals surface area contributed by atoms with Gasteiger partial charge in [-0.1, -0.05) is 0 Å². The average molecular weight is 383 g/mol. The van der Waals surface area contributed by atoms with Crippen molar-refractivity contribution in [3.05, 3.63) is 51.8 Å². The van der Waals surface area contributed by atoms with E-state index in [1.165, 1.54) is 30.5 Å². The van der Waals surface area contributed by atoms with Gasteiger partial charge in [-0.2, -0.15) is 5.10 Å². The minimum Gasteiger partial charge on any atom is -0.482 e. The van der Waals surface area contributed by atoms with Gasteiger partial charge in [-0.3, -0.25) is 19.7 Å². The summed E-state index contributed by atoms with van der Waals surface area (Å²) in [5, 5.41) is 11.5. The molecule has 0 radical (unpaired) electrons. The lowest BCUT2D eigenvalue weighted by atomic mass is 10.1. The second kappa shape index (κ2) is 6.65. The van der Waals surface area contributed by atoms with E-state index in [9.17, 15) is 14.4 Å². The first kappa shape index (κ1) is 16.9. The summed E-state index contributed by atoms with van der Waals surface area (Å²) >= 11 is 1.25. The number of amides is 2. The number of rotatable bonds is 3. The maximum absolute atomic E-state index is 12.3. The van der Waals surface area contributed by atoms with Crippen LogP contribution in [0.5, 0.6) is 5.75 Å². The second-order valence-electron chi connectivity index (χ2n) is 5.72. The summed E-state index contributed by atoms with van der Waals surface area (Å²) in [6.45, 7) is -0.00164. The first-order valence-electron chi connectivity index (χ1n) is 7.88. The van der Waals surface area contributed by atoms with Gasteiger partial charge in [-0.25, -0.2) is 9.67 Å². The summed E-state index contributed by atoms with van der Waals surface area (Å²) in [4.78, 5) is 39.5. The van der Waals surface area contributed by atoms with Crippen LogP contribution in [0.1, 0.15) is 10.5 Å². The van der Waals surface area contributed by atoms with Crippen molar-refractivity contribution >= 4 is 34.0 Å². The number of nitrogens with zero attached hydrogens (tertiary/aromatic N) is 3. The lowest BCUT2D eigenvalue weighted by molar-refractivity contribution is -0.118. The molecule has 2 amide bonds. The molecule has 2 N–H and O–H groups in total. The van der Waals surface area contributed by atoms with Crippen molar-refractivity contribution < 1.29 is 14.3 Å². The van der Waals surface area contributed by atoms with Crippen LogP contribution >= 0.6 is 11.3 Å². The Labute approximate surface area is 156 Å². The first-order valence-corrected chi connectivity index (χ1v) is 8.76. The molecule has 136 valence electrons. The molecule has 0 unspecified atom stereocenters. The van der Waals surface area contributed by atoms with Gasteiger partial charge in [0.2, 0.25) is 0 Å². The van der Waals surface area contributed by atoms with Crippen LogP contribution in [-0.2, 0) is 11.8 Å². The van der Waals surface area contributed by atoms with Crippen LogP contribution in [0.15, 0.2) is 40.5 Å². The van der Waals surface area contributed by atoms with Crippen molar-refractivity contribution in [3.63, 3.8) is 0 Å². The normalized spacial score (nSPS) is 12.7. The van der Waals surface area contributed by atoms with Gasteiger partial charge in [0.05, 0.1) is 11.4 Å². The molecule has 0 spiro atoms. The number of carbonyl (C=O) groups excluding carboxylic acids is 2. The van der Waals surface area contributed by atoms with Crippen molar-refractivity contribution in [2.75, 3.05) is 17.2 Å². The molecule has 10 heteroatoms. The zero-order valence-electron chi connectivity index (χ0n) is 14.1. The molecule has 9 nitrogen and oxygen atoms in total. The third-order valence-corrected chi connectivity index (χ3v) is 4.58. The van der Waals surface area contributed by atoms with Crippen LogP contribution in [0.4, 0.5) is 10.8 Å². The highest BCUT2D eigenvalue weighted by Crippen LogP contribution is 2.33. The molecule has 1 aromatic carbocycles. The Morgan fingerprint density at radius 3 is 2.96 bits per heavy atom. The summed E-state index contributed by atoms with van der Waals surface area (Å²) < 4.78 is 6.42. The fourth-order valence-electron chi connectivity index (χ4n) is 2.49. The van der Waals surface area contributed by atoms with E-state index in [2.05, 4.69) is 20.7 Å². The largest absolute Gasteiger partial charge is 0.482 e. The molecule has 1 aliphatic rings. The molecule has 0 saturated heterocycles. The molecule has 1 aliphatic heterocycles. The van der Waals surface area contributed by atoms with Crippen LogP contribution in [-0.4, -0.2) is 33.2 Å². The lowest BCUT2D eigenvalue weighted by Crippen LogP contribution is -2.25. The molecule has 4 rings (SSSR count). The number of fused-ring (bicyclic) bond motifs is 1. The molecule has 0 atom stereocenters. The fourth-order valence-corrected chi connectivity index (χ4v) is 3.21. The number of aromatic nitrogens is 3. The summed E-state index contributed by atoms with van der Waals surface area (Å²) in [5.74, 6) is -0.0730. The predicted octanol–water partition coefficient (Wildman–Crippen LogP) is 1.49. The minimum absolute atomic E-state index is 0.00164. The van der Waals surface area contributed by atoms with Gasteiger partial charge in [0, 0.05) is 24.1 Å². The quantitative estimate of drug-likeness (QED) is 0.708. The topological polar surface area (TPSA) is 115 Å². The number of hydrogen-bond donors (Lipinski definition) is 2. The van der Waals surface area contributed by atoms with Crippen molar-refractivity contribution in [1.29, 1.82) is 0 Å². The molecule has 27 heavy (non-hydrogen) atoms. The van der Waals surface area contributed by atoms with Crippen molar-refractivity contribution in [2.45, 2.75) is 0 Å². The number of aryl methyl sites for hydroxylation is 1. The summed E-state index contributed by atoms with van der Waals surface area (Å²) in [6, 6.07) is 7.99. The van der Waals surface area contributed by atoms with Gasteiger partial charge in [-0.05, 0) is 24.3 Å². The highest BCUT2D eigenvalue weighted by Gasteiger charge is 2.17. The van der Waals surface area contributed by atoms with E-state index in [0.29, 0.717) is 22.3 Å². The van der Waals surface area contributed by atoms with E-state index in [4.69, 9.17) is 4.74 Å². The number of thiazole rings is 1. The highest BCUT2D eigenvalue weighted by molar-refractivity contribution is 7.14. The number of carbonyl (C=O) groups is 2. The number of nitrogens with one attached hydrogen (secondary N) is 2. The Balaban J connectivity index is 1.54. The zero-order valence-corrected chi connectivity index (χ0v) is 14.9. The molecule has 3 heterocycles. The van der Waals surface area contributed by atoms with Crippen LogP contribution in [0, 0.1) is 0 Å². The molecule has 0 fully saturated rings. The van der Waals surface area contributed by atoms with Crippen LogP contribution in [0.25, 0.3) is 11.3 Å². The van der Waals surface area contributed by atoms with E-state index in [0.717, 1.165) is 10.2 Å². The number of benzene rings is 1. The van der Waals surface area contributed by atoms with Gasteiger partial charge in [0.25, 0.3) is 17.4 Å². The first-order chi connectivity index (χ1) is 13.0. The van der Waals surface area contributed by atoms with E-state index >= 15 is 0 Å². The Hall–Kier alpha value is -3.53. The highest BCUT2D eigenvalue weighted by atomic mass is 32.1. The molecule has 0 aliphatic carbocycles. The third kappa shape index (κ3) is 3.42. The third-order valence-electron chi connectivity index (χ3n) is 3.83. The van der Waals surface area contributed by atoms with Crippen molar-refractivity contribution in [2.24, 2.45) is 7.05 Å². The number of ether oxygens (including phenoxy) is 1. The van der Waals surface area contributed by atoms with Gasteiger partial charge >= 0.3 is 0 Å². The molecule has 2 aromatic heterocycles. The van der Waals surface area contributed by atoms with E-state index in [1.54, 1.807) is 17.5 Å². The van der Waals surface area contributed by atoms with E-state index in [1.807, 2.05) is 6.07 Å². The maximum atomic E-state index is 12.3. The van der Waals surface area contributed by atoms with Crippen LogP contribution < -0.4 is 20.9 Å². The fraction of sp³-hybridized carbons (Fsp3) is 0.118. The van der Waals surface area contributed by atoms with Crippen molar-refractivity contribution in [3.8, 4) is 17.0 Å². The smallest absolute Gasteiger partial charge is 0.277 e. The molecular formula is C17H13N5O4S. The zero-order chi connectivity index (χ0) is 19.0. The molecule has 0 saturated carbocycles. The lowest BCUT2D eigenvalue weighted by Gasteiger charge is -2.18. The summed E-state index contributed by atoms with van der Waals surface area (Å²) in [5.41, 5.74) is 1.81. The van der Waals surface area contributed by atoms with Gasteiger partial charge in [0.15, 0.2) is 11.7 Å². The SMILES string of the molecule is Cn1nc(C(=O)Nc2nc(-c3ccc4c(c3)NC(=O)CO4)cs2)ccc1=O. The summed E-state index contributed by atoms with van der Waals surface area (Å²) in [7, 11) is 1.47. The monoisotopic (exact) mass is 383 g/mol.